The van der Waals surface area contributed by atoms with Gasteiger partial charge in [-0.25, -0.2) is 0 Å². The van der Waals surface area contributed by atoms with Crippen LogP contribution in [0.2, 0.25) is 0 Å². The van der Waals surface area contributed by atoms with E-state index in [0.717, 1.165) is 32.6 Å². The molecule has 4 nitrogen and oxygen atoms in total. The fourth-order valence-electron chi connectivity index (χ4n) is 3.94. The summed E-state index contributed by atoms with van der Waals surface area (Å²) in [7, 11) is 0. The van der Waals surface area contributed by atoms with Crippen LogP contribution in [0, 0.1) is 5.92 Å². The van der Waals surface area contributed by atoms with Crippen LogP contribution in [0.25, 0.3) is 0 Å². The first-order valence-corrected chi connectivity index (χ1v) is 9.08. The van der Waals surface area contributed by atoms with E-state index in [-0.39, 0.29) is 24.4 Å². The van der Waals surface area contributed by atoms with Crippen molar-refractivity contribution in [3.05, 3.63) is 30.3 Å². The topological polar surface area (TPSA) is 49.6 Å². The molecule has 3 rings (SSSR count). The van der Waals surface area contributed by atoms with E-state index in [1.807, 2.05) is 11.0 Å². The van der Waals surface area contributed by atoms with Gasteiger partial charge in [0.1, 0.15) is 0 Å². The van der Waals surface area contributed by atoms with Crippen LogP contribution in [0.5, 0.6) is 0 Å². The van der Waals surface area contributed by atoms with Crippen molar-refractivity contribution in [1.29, 1.82) is 0 Å². The molecule has 2 aliphatic rings. The van der Waals surface area contributed by atoms with Gasteiger partial charge in [0.25, 0.3) is 0 Å². The molecule has 2 N–H and O–H groups in total. The highest BCUT2D eigenvalue weighted by Crippen LogP contribution is 2.27. The summed E-state index contributed by atoms with van der Waals surface area (Å²) in [6.45, 7) is 3.36. The summed E-state index contributed by atoms with van der Waals surface area (Å²) >= 11 is 0. The van der Waals surface area contributed by atoms with Gasteiger partial charge in [0.2, 0.25) is 5.91 Å². The first-order chi connectivity index (χ1) is 11.2. The number of rotatable bonds is 4. The van der Waals surface area contributed by atoms with Crippen LogP contribution in [0.15, 0.2) is 30.3 Å². The lowest BCUT2D eigenvalue weighted by molar-refractivity contribution is -0.133. The van der Waals surface area contributed by atoms with E-state index in [0.29, 0.717) is 5.92 Å². The number of nitrogens with zero attached hydrogens (tertiary/aromatic N) is 2. The maximum Gasteiger partial charge on any atom is 0.239 e. The Morgan fingerprint density at radius 3 is 2.29 bits per heavy atom. The van der Waals surface area contributed by atoms with Crippen molar-refractivity contribution >= 4 is 24.0 Å². The third-order valence-electron chi connectivity index (χ3n) is 5.34. The van der Waals surface area contributed by atoms with Crippen molar-refractivity contribution in [2.24, 2.45) is 11.7 Å². The molecule has 1 atom stereocenters. The number of amides is 1. The molecule has 2 fully saturated rings. The number of piperazine rings is 1. The normalized spacial score (nSPS) is 20.4. The Kier molecular flexibility index (Phi) is 7.38. The number of benzene rings is 1. The van der Waals surface area contributed by atoms with Crippen LogP contribution in [0.1, 0.15) is 38.5 Å². The van der Waals surface area contributed by atoms with Crippen LogP contribution in [-0.2, 0) is 4.79 Å². The van der Waals surface area contributed by atoms with Crippen LogP contribution in [0.4, 0.5) is 5.69 Å². The fourth-order valence-corrected chi connectivity index (χ4v) is 3.94. The van der Waals surface area contributed by atoms with Gasteiger partial charge in [0.05, 0.1) is 6.04 Å². The zero-order valence-corrected chi connectivity index (χ0v) is 15.2. The van der Waals surface area contributed by atoms with Crippen molar-refractivity contribution in [3.63, 3.8) is 0 Å². The van der Waals surface area contributed by atoms with E-state index >= 15 is 0 Å². The number of anilines is 1. The van der Waals surface area contributed by atoms with Gasteiger partial charge in [-0.1, -0.05) is 50.3 Å². The molecular formula is C19H30ClN3O. The second-order valence-electron chi connectivity index (χ2n) is 6.99. The lowest BCUT2D eigenvalue weighted by Crippen LogP contribution is -2.53. The van der Waals surface area contributed by atoms with E-state index in [4.69, 9.17) is 5.73 Å². The van der Waals surface area contributed by atoms with Crippen molar-refractivity contribution in [1.82, 2.24) is 4.90 Å². The van der Waals surface area contributed by atoms with Crippen molar-refractivity contribution in [3.8, 4) is 0 Å². The monoisotopic (exact) mass is 351 g/mol. The summed E-state index contributed by atoms with van der Waals surface area (Å²) in [5.41, 5.74) is 7.46. The average molecular weight is 352 g/mol. The molecule has 1 aromatic carbocycles. The molecule has 1 saturated carbocycles. The van der Waals surface area contributed by atoms with E-state index in [1.165, 1.54) is 37.8 Å². The van der Waals surface area contributed by atoms with Gasteiger partial charge in [-0.05, 0) is 24.5 Å². The molecule has 0 radical (unpaired) electrons. The number of hydrogen-bond donors (Lipinski definition) is 1. The summed E-state index contributed by atoms with van der Waals surface area (Å²) < 4.78 is 0. The molecule has 5 heteroatoms. The highest BCUT2D eigenvalue weighted by Gasteiger charge is 2.27. The minimum absolute atomic E-state index is 0. The first kappa shape index (κ1) is 19.1. The van der Waals surface area contributed by atoms with Gasteiger partial charge < -0.3 is 15.5 Å². The smallest absolute Gasteiger partial charge is 0.239 e. The Bertz CT molecular complexity index is 497. The minimum Gasteiger partial charge on any atom is -0.368 e. The van der Waals surface area contributed by atoms with E-state index in [9.17, 15) is 4.79 Å². The van der Waals surface area contributed by atoms with Crippen LogP contribution in [-0.4, -0.2) is 43.0 Å². The minimum atomic E-state index is -0.304. The summed E-state index contributed by atoms with van der Waals surface area (Å²) in [6.07, 6.45) is 7.34. The number of para-hydroxylation sites is 1. The average Bonchev–Trinajstić information content (AvgIpc) is 2.63. The summed E-state index contributed by atoms with van der Waals surface area (Å²) in [5.74, 6) is 0.816. The Labute approximate surface area is 151 Å². The second kappa shape index (κ2) is 9.28. The maximum atomic E-state index is 12.6. The molecule has 1 heterocycles. The summed E-state index contributed by atoms with van der Waals surface area (Å²) in [6, 6.07) is 10.1. The van der Waals surface area contributed by atoms with E-state index in [1.54, 1.807) is 0 Å². The number of nitrogens with two attached hydrogens (primary N) is 1. The third kappa shape index (κ3) is 4.87. The van der Waals surface area contributed by atoms with Gasteiger partial charge in [-0.2, -0.15) is 0 Å². The van der Waals surface area contributed by atoms with Crippen molar-refractivity contribution in [2.75, 3.05) is 31.1 Å². The molecule has 0 bridgehead atoms. The Morgan fingerprint density at radius 2 is 1.67 bits per heavy atom. The zero-order chi connectivity index (χ0) is 16.1. The second-order valence-corrected chi connectivity index (χ2v) is 6.99. The van der Waals surface area contributed by atoms with Crippen LogP contribution in [0.3, 0.4) is 0 Å². The van der Waals surface area contributed by atoms with Gasteiger partial charge in [-0.15, -0.1) is 12.4 Å². The molecule has 1 unspecified atom stereocenters. The number of hydrogen-bond acceptors (Lipinski definition) is 3. The quantitative estimate of drug-likeness (QED) is 0.907. The summed E-state index contributed by atoms with van der Waals surface area (Å²) in [5, 5.41) is 0. The van der Waals surface area contributed by atoms with Gasteiger partial charge in [-0.3, -0.25) is 4.79 Å². The molecule has 1 aliphatic carbocycles. The SMILES string of the molecule is Cl.NC(CC1CCCCC1)C(=O)N1CCN(c2ccccc2)CC1. The molecule has 1 saturated heterocycles. The van der Waals surface area contributed by atoms with Crippen LogP contribution < -0.4 is 10.6 Å². The predicted octanol–water partition coefficient (Wildman–Crippen LogP) is 3.05. The highest BCUT2D eigenvalue weighted by molar-refractivity contribution is 5.85. The number of carbonyl (C=O) groups is 1. The third-order valence-corrected chi connectivity index (χ3v) is 5.34. The largest absolute Gasteiger partial charge is 0.368 e. The Balaban J connectivity index is 0.00000208. The molecule has 24 heavy (non-hydrogen) atoms. The van der Waals surface area contributed by atoms with Crippen molar-refractivity contribution in [2.45, 2.75) is 44.6 Å². The molecule has 1 aromatic rings. The number of halogens is 1. The molecule has 1 aliphatic heterocycles. The highest BCUT2D eigenvalue weighted by atomic mass is 35.5. The fraction of sp³-hybridized carbons (Fsp3) is 0.632. The van der Waals surface area contributed by atoms with Gasteiger partial charge in [0, 0.05) is 31.9 Å². The van der Waals surface area contributed by atoms with Gasteiger partial charge >= 0.3 is 0 Å². The molecule has 1 amide bonds. The van der Waals surface area contributed by atoms with E-state index in [2.05, 4.69) is 29.2 Å². The molecular weight excluding hydrogens is 322 g/mol. The van der Waals surface area contributed by atoms with Gasteiger partial charge in [0.15, 0.2) is 0 Å². The van der Waals surface area contributed by atoms with Crippen molar-refractivity contribution < 1.29 is 4.79 Å². The lowest BCUT2D eigenvalue weighted by atomic mass is 9.84. The number of carbonyl (C=O) groups excluding carboxylic acids is 1. The van der Waals surface area contributed by atoms with E-state index < -0.39 is 0 Å². The molecule has 134 valence electrons. The van der Waals surface area contributed by atoms with Crippen LogP contribution >= 0.6 is 12.4 Å². The lowest BCUT2D eigenvalue weighted by Gasteiger charge is -2.37. The molecule has 0 spiro atoms. The zero-order valence-electron chi connectivity index (χ0n) is 14.4. The molecule has 0 aromatic heterocycles. The Morgan fingerprint density at radius 1 is 1.04 bits per heavy atom. The first-order valence-electron chi connectivity index (χ1n) is 9.08. The standard InChI is InChI=1S/C19H29N3O.ClH/c20-18(15-16-7-3-1-4-8-16)19(23)22-13-11-21(12-14-22)17-9-5-2-6-10-17;/h2,5-6,9-10,16,18H,1,3-4,7-8,11-15,20H2;1H. The Hall–Kier alpha value is -1.26. The summed E-state index contributed by atoms with van der Waals surface area (Å²) in [4.78, 5) is 16.9. The predicted molar refractivity (Wildman–Crippen MR) is 102 cm³/mol. The maximum absolute atomic E-state index is 12.6.